The van der Waals surface area contributed by atoms with E-state index in [1.165, 1.54) is 0 Å². The van der Waals surface area contributed by atoms with E-state index in [1.54, 1.807) is 12.4 Å². The van der Waals surface area contributed by atoms with Crippen molar-refractivity contribution in [1.29, 1.82) is 0 Å². The van der Waals surface area contributed by atoms with Gasteiger partial charge < -0.3 is 0 Å². The van der Waals surface area contributed by atoms with Crippen molar-refractivity contribution in [3.8, 4) is 0 Å². The molecule has 0 unspecified atom stereocenters. The molecule has 0 aromatic rings. The Kier molecular flexibility index (Phi) is 19.0. The normalized spacial score (nSPS) is 12.4. The second-order valence-corrected chi connectivity index (χ2v) is 1.11. The van der Waals surface area contributed by atoms with Crippen molar-refractivity contribution in [3.63, 3.8) is 0 Å². The Morgan fingerprint density at radius 3 is 1.20 bits per heavy atom. The summed E-state index contributed by atoms with van der Waals surface area (Å²) in [5.41, 5.74) is 0. The third kappa shape index (κ3) is 10.3. The summed E-state index contributed by atoms with van der Waals surface area (Å²) in [5.74, 6) is 0. The van der Waals surface area contributed by atoms with Crippen LogP contribution in [0.5, 0.6) is 0 Å². The molecule has 0 aromatic heterocycles. The predicted molar refractivity (Wildman–Crippen MR) is 49.4 cm³/mol. The first-order valence-electron chi connectivity index (χ1n) is 3.98. The average Bonchev–Trinajstić information content (AvgIpc) is 2.14. The van der Waals surface area contributed by atoms with E-state index in [9.17, 15) is 0 Å². The molecule has 2 heteroatoms. The van der Waals surface area contributed by atoms with Gasteiger partial charge in [0.15, 0.2) is 0 Å². The molecule has 1 aliphatic rings. The van der Waals surface area contributed by atoms with Crippen LogP contribution >= 0.6 is 0 Å². The van der Waals surface area contributed by atoms with Crippen LogP contribution in [0.2, 0.25) is 0 Å². The molecule has 1 heterocycles. The highest BCUT2D eigenvalue weighted by atomic mass is 14.8. The SMILES string of the molecule is C1=NCCN=C1.CC.CC. The molecule has 0 spiro atoms. The minimum atomic E-state index is 0.872. The summed E-state index contributed by atoms with van der Waals surface area (Å²) in [6, 6.07) is 0. The lowest BCUT2D eigenvalue weighted by Crippen LogP contribution is -1.94. The Balaban J connectivity index is 0. The van der Waals surface area contributed by atoms with Crippen molar-refractivity contribution in [2.24, 2.45) is 9.98 Å². The molecule has 0 amide bonds. The lowest BCUT2D eigenvalue weighted by molar-refractivity contribution is 0.977. The lowest BCUT2D eigenvalue weighted by Gasteiger charge is -1.89. The van der Waals surface area contributed by atoms with Crippen molar-refractivity contribution >= 4 is 12.4 Å². The molecule has 1 aliphatic heterocycles. The maximum absolute atomic E-state index is 3.90. The fourth-order valence-corrected chi connectivity index (χ4v) is 0.359. The van der Waals surface area contributed by atoms with Crippen molar-refractivity contribution in [1.82, 2.24) is 0 Å². The first-order valence-corrected chi connectivity index (χ1v) is 3.98. The molecular weight excluding hydrogens is 124 g/mol. The van der Waals surface area contributed by atoms with E-state index in [2.05, 4.69) is 9.98 Å². The molecule has 0 fully saturated rings. The smallest absolute Gasteiger partial charge is 0.0585 e. The Bertz CT molecular complexity index is 73.3. The van der Waals surface area contributed by atoms with E-state index in [1.807, 2.05) is 27.7 Å². The van der Waals surface area contributed by atoms with Gasteiger partial charge in [0.1, 0.15) is 0 Å². The van der Waals surface area contributed by atoms with Crippen LogP contribution < -0.4 is 0 Å². The number of hydrogen-bond donors (Lipinski definition) is 0. The Labute approximate surface area is 64.1 Å². The van der Waals surface area contributed by atoms with Crippen LogP contribution in [0.25, 0.3) is 0 Å². The van der Waals surface area contributed by atoms with Crippen molar-refractivity contribution < 1.29 is 0 Å². The molecule has 10 heavy (non-hydrogen) atoms. The molecule has 0 saturated heterocycles. The highest BCUT2D eigenvalue weighted by Gasteiger charge is 1.78. The van der Waals surface area contributed by atoms with Crippen molar-refractivity contribution in [2.75, 3.05) is 13.1 Å². The Morgan fingerprint density at radius 1 is 0.800 bits per heavy atom. The second-order valence-electron chi connectivity index (χ2n) is 1.11. The van der Waals surface area contributed by atoms with Gasteiger partial charge in [0, 0.05) is 12.4 Å². The highest BCUT2D eigenvalue weighted by Crippen LogP contribution is 1.74. The zero-order valence-electron chi connectivity index (χ0n) is 7.46. The van der Waals surface area contributed by atoms with E-state index in [0.29, 0.717) is 0 Å². The third-order valence-corrected chi connectivity index (χ3v) is 0.636. The highest BCUT2D eigenvalue weighted by molar-refractivity contribution is 6.16. The standard InChI is InChI=1S/C4H6N2.2C2H6/c1-2-6-4-3-5-1;2*1-2/h1-2H,3-4H2;2*1-2H3. The van der Waals surface area contributed by atoms with E-state index >= 15 is 0 Å². The predicted octanol–water partition coefficient (Wildman–Crippen LogP) is 2.19. The number of rotatable bonds is 0. The first-order chi connectivity index (χ1) is 5.00. The Hall–Kier alpha value is -0.660. The van der Waals surface area contributed by atoms with E-state index in [4.69, 9.17) is 0 Å². The van der Waals surface area contributed by atoms with Gasteiger partial charge in [-0.2, -0.15) is 0 Å². The molecule has 0 aliphatic carbocycles. The summed E-state index contributed by atoms with van der Waals surface area (Å²) in [5, 5.41) is 0. The largest absolute Gasteiger partial charge is 0.290 e. The van der Waals surface area contributed by atoms with Crippen molar-refractivity contribution in [2.45, 2.75) is 27.7 Å². The monoisotopic (exact) mass is 142 g/mol. The maximum Gasteiger partial charge on any atom is 0.0585 e. The van der Waals surface area contributed by atoms with Crippen LogP contribution in [0, 0.1) is 0 Å². The van der Waals surface area contributed by atoms with Gasteiger partial charge in [0.25, 0.3) is 0 Å². The quantitative estimate of drug-likeness (QED) is 0.495. The van der Waals surface area contributed by atoms with Gasteiger partial charge in [-0.25, -0.2) is 0 Å². The van der Waals surface area contributed by atoms with Gasteiger partial charge in [-0.05, 0) is 0 Å². The molecular formula is C8H18N2. The summed E-state index contributed by atoms with van der Waals surface area (Å²) in [6.07, 6.45) is 3.45. The summed E-state index contributed by atoms with van der Waals surface area (Å²) in [4.78, 5) is 7.81. The van der Waals surface area contributed by atoms with Gasteiger partial charge >= 0.3 is 0 Å². The first kappa shape index (κ1) is 12.1. The zero-order valence-corrected chi connectivity index (χ0v) is 7.46. The minimum Gasteiger partial charge on any atom is -0.290 e. The topological polar surface area (TPSA) is 24.7 Å². The van der Waals surface area contributed by atoms with Gasteiger partial charge in [-0.3, -0.25) is 9.98 Å². The fourth-order valence-electron chi connectivity index (χ4n) is 0.359. The fraction of sp³-hybridized carbons (Fsp3) is 0.750. The second kappa shape index (κ2) is 15.8. The summed E-state index contributed by atoms with van der Waals surface area (Å²) >= 11 is 0. The molecule has 60 valence electrons. The average molecular weight is 142 g/mol. The van der Waals surface area contributed by atoms with Crippen LogP contribution in [0.1, 0.15) is 27.7 Å². The molecule has 1 rings (SSSR count). The summed E-state index contributed by atoms with van der Waals surface area (Å²) < 4.78 is 0. The van der Waals surface area contributed by atoms with Crippen LogP contribution in [0.15, 0.2) is 9.98 Å². The molecule has 0 N–H and O–H groups in total. The molecule has 0 radical (unpaired) electrons. The number of nitrogens with zero attached hydrogens (tertiary/aromatic N) is 2. The summed E-state index contributed by atoms with van der Waals surface area (Å²) in [6.45, 7) is 9.74. The van der Waals surface area contributed by atoms with Crippen LogP contribution in [0.4, 0.5) is 0 Å². The van der Waals surface area contributed by atoms with Crippen LogP contribution in [-0.2, 0) is 0 Å². The molecule has 0 atom stereocenters. The van der Waals surface area contributed by atoms with Gasteiger partial charge in [-0.15, -0.1) is 0 Å². The molecule has 2 nitrogen and oxygen atoms in total. The molecule has 0 saturated carbocycles. The number of hydrogen-bond acceptors (Lipinski definition) is 2. The lowest BCUT2D eigenvalue weighted by atomic mass is 10.6. The summed E-state index contributed by atoms with van der Waals surface area (Å²) in [7, 11) is 0. The van der Waals surface area contributed by atoms with E-state index in [0.717, 1.165) is 13.1 Å². The van der Waals surface area contributed by atoms with Gasteiger partial charge in [-0.1, -0.05) is 27.7 Å². The maximum atomic E-state index is 3.90. The zero-order chi connectivity index (χ0) is 8.24. The van der Waals surface area contributed by atoms with Crippen LogP contribution in [0.3, 0.4) is 0 Å². The van der Waals surface area contributed by atoms with Crippen LogP contribution in [-0.4, -0.2) is 25.5 Å². The molecule has 0 aromatic carbocycles. The third-order valence-electron chi connectivity index (χ3n) is 0.636. The number of aliphatic imine (C=N–C) groups is 2. The van der Waals surface area contributed by atoms with Crippen molar-refractivity contribution in [3.05, 3.63) is 0 Å². The molecule has 0 bridgehead atoms. The minimum absolute atomic E-state index is 0.872. The van der Waals surface area contributed by atoms with Gasteiger partial charge in [0.05, 0.1) is 13.1 Å². The Morgan fingerprint density at radius 2 is 1.10 bits per heavy atom. The van der Waals surface area contributed by atoms with E-state index < -0.39 is 0 Å². The van der Waals surface area contributed by atoms with Gasteiger partial charge in [0.2, 0.25) is 0 Å². The van der Waals surface area contributed by atoms with E-state index in [-0.39, 0.29) is 0 Å².